The van der Waals surface area contributed by atoms with Crippen LogP contribution in [0.5, 0.6) is 0 Å². The lowest BCUT2D eigenvalue weighted by Gasteiger charge is -2.15. The van der Waals surface area contributed by atoms with Crippen LogP contribution in [0.3, 0.4) is 0 Å². The number of carboxylic acid groups (broad SMARTS) is 1. The smallest absolute Gasteiger partial charge is 0.310 e. The fourth-order valence-electron chi connectivity index (χ4n) is 1.86. The third-order valence-electron chi connectivity index (χ3n) is 3.02. The van der Waals surface area contributed by atoms with E-state index in [0.29, 0.717) is 25.1 Å². The molecule has 0 heterocycles. The van der Waals surface area contributed by atoms with Crippen LogP contribution in [0.15, 0.2) is 42.5 Å². The second kappa shape index (κ2) is 9.53. The summed E-state index contributed by atoms with van der Waals surface area (Å²) in [5, 5.41) is 22.0. The van der Waals surface area contributed by atoms with Gasteiger partial charge in [-0.15, -0.1) is 12.4 Å². The van der Waals surface area contributed by atoms with Crippen molar-refractivity contribution in [1.82, 2.24) is 5.32 Å². The van der Waals surface area contributed by atoms with Crippen LogP contribution in [0.25, 0.3) is 0 Å². The van der Waals surface area contributed by atoms with Crippen molar-refractivity contribution in [3.05, 3.63) is 48.0 Å². The predicted octanol–water partition coefficient (Wildman–Crippen LogP) is 2.40. The number of hydrogen-bond donors (Lipinski definition) is 3. The van der Waals surface area contributed by atoms with Gasteiger partial charge in [-0.05, 0) is 25.5 Å². The number of aliphatic carboxylic acids is 1. The van der Waals surface area contributed by atoms with Gasteiger partial charge >= 0.3 is 5.97 Å². The lowest BCUT2D eigenvalue weighted by Crippen LogP contribution is -2.26. The number of benzene rings is 1. The van der Waals surface area contributed by atoms with E-state index in [1.165, 1.54) is 0 Å². The fourth-order valence-corrected chi connectivity index (χ4v) is 1.86. The Kier molecular flexibility index (Phi) is 8.88. The van der Waals surface area contributed by atoms with Gasteiger partial charge in [0.05, 0.1) is 12.0 Å². The van der Waals surface area contributed by atoms with Crippen LogP contribution in [0.2, 0.25) is 0 Å². The van der Waals surface area contributed by atoms with Crippen LogP contribution in [0.1, 0.15) is 25.0 Å². The van der Waals surface area contributed by atoms with Gasteiger partial charge in [-0.1, -0.05) is 42.5 Å². The maximum Gasteiger partial charge on any atom is 0.310 e. The number of carbonyl (C=O) groups is 1. The van der Waals surface area contributed by atoms with Crippen molar-refractivity contribution in [2.24, 2.45) is 5.92 Å². The Balaban J connectivity index is 0.00000361. The highest BCUT2D eigenvalue weighted by Crippen LogP contribution is 2.13. The molecule has 0 amide bonds. The van der Waals surface area contributed by atoms with E-state index in [2.05, 4.69) is 11.9 Å². The first-order valence-electron chi connectivity index (χ1n) is 6.34. The highest BCUT2D eigenvalue weighted by Gasteiger charge is 2.17. The molecule has 1 rings (SSSR count). The van der Waals surface area contributed by atoms with Crippen molar-refractivity contribution in [2.45, 2.75) is 19.4 Å². The molecule has 0 bridgehead atoms. The average molecular weight is 300 g/mol. The number of aliphatic hydroxyl groups excluding tert-OH is 1. The van der Waals surface area contributed by atoms with E-state index in [1.54, 1.807) is 6.92 Å². The topological polar surface area (TPSA) is 69.6 Å². The monoisotopic (exact) mass is 299 g/mol. The maximum atomic E-state index is 11.0. The highest BCUT2D eigenvalue weighted by atomic mass is 35.5. The number of nitrogens with one attached hydrogen (secondary N) is 1. The summed E-state index contributed by atoms with van der Waals surface area (Å²) in [5.74, 6) is -1.38. The number of carboxylic acids is 1. The van der Waals surface area contributed by atoms with E-state index in [1.807, 2.05) is 30.3 Å². The van der Waals surface area contributed by atoms with E-state index in [-0.39, 0.29) is 12.4 Å². The average Bonchev–Trinajstić information content (AvgIpc) is 2.38. The van der Waals surface area contributed by atoms with Crippen LogP contribution < -0.4 is 5.32 Å². The Hall–Kier alpha value is -1.36. The summed E-state index contributed by atoms with van der Waals surface area (Å²) in [4.78, 5) is 11.0. The fraction of sp³-hybridized carbons (Fsp3) is 0.400. The molecule has 0 aliphatic heterocycles. The molecule has 112 valence electrons. The molecule has 3 N–H and O–H groups in total. The molecule has 0 saturated heterocycles. The first-order valence-corrected chi connectivity index (χ1v) is 6.34. The summed E-state index contributed by atoms with van der Waals surface area (Å²) in [6.45, 7) is 6.34. The molecule has 0 aliphatic rings. The lowest BCUT2D eigenvalue weighted by molar-refractivity contribution is -0.140. The largest absolute Gasteiger partial charge is 0.481 e. The molecule has 20 heavy (non-hydrogen) atoms. The third kappa shape index (κ3) is 6.19. The van der Waals surface area contributed by atoms with Gasteiger partial charge in [-0.2, -0.15) is 0 Å². The maximum absolute atomic E-state index is 11.0. The molecule has 0 aliphatic carbocycles. The van der Waals surface area contributed by atoms with E-state index in [0.717, 1.165) is 5.56 Å². The number of rotatable bonds is 8. The van der Waals surface area contributed by atoms with Crippen molar-refractivity contribution in [1.29, 1.82) is 0 Å². The Morgan fingerprint density at radius 1 is 1.35 bits per heavy atom. The third-order valence-corrected chi connectivity index (χ3v) is 3.02. The molecule has 1 unspecified atom stereocenters. The molecule has 0 aromatic heterocycles. The SMILES string of the molecule is C=C(C)C(CCNC[C@H](O)c1ccccc1)C(=O)O.Cl. The number of hydrogen-bond acceptors (Lipinski definition) is 3. The Labute approximate surface area is 125 Å². The van der Waals surface area contributed by atoms with Gasteiger partial charge in [0.15, 0.2) is 0 Å². The van der Waals surface area contributed by atoms with Crippen molar-refractivity contribution in [2.75, 3.05) is 13.1 Å². The van der Waals surface area contributed by atoms with Crippen LogP contribution in [-0.2, 0) is 4.79 Å². The van der Waals surface area contributed by atoms with E-state index >= 15 is 0 Å². The molecular formula is C15H22ClNO3. The second-order valence-corrected chi connectivity index (χ2v) is 4.66. The van der Waals surface area contributed by atoms with Gasteiger partial charge in [0.25, 0.3) is 0 Å². The van der Waals surface area contributed by atoms with Crippen LogP contribution in [0.4, 0.5) is 0 Å². The summed E-state index contributed by atoms with van der Waals surface area (Å²) in [7, 11) is 0. The minimum atomic E-state index is -0.849. The van der Waals surface area contributed by atoms with Gasteiger partial charge in [-0.3, -0.25) is 4.79 Å². The number of aliphatic hydroxyl groups is 1. The minimum Gasteiger partial charge on any atom is -0.481 e. The Bertz CT molecular complexity index is 408. The Morgan fingerprint density at radius 3 is 2.45 bits per heavy atom. The van der Waals surface area contributed by atoms with Crippen LogP contribution in [0, 0.1) is 5.92 Å². The molecule has 0 radical (unpaired) electrons. The van der Waals surface area contributed by atoms with Crippen molar-refractivity contribution in [3.63, 3.8) is 0 Å². The molecule has 1 aromatic carbocycles. The van der Waals surface area contributed by atoms with Gasteiger partial charge in [-0.25, -0.2) is 0 Å². The van der Waals surface area contributed by atoms with Crippen LogP contribution in [-0.4, -0.2) is 29.3 Å². The van der Waals surface area contributed by atoms with Gasteiger partial charge in [0, 0.05) is 6.54 Å². The normalized spacial score (nSPS) is 13.1. The predicted molar refractivity (Wildman–Crippen MR) is 82.1 cm³/mol. The standard InChI is InChI=1S/C15H21NO3.ClH/c1-11(2)13(15(18)19)8-9-16-10-14(17)12-6-4-3-5-7-12;/h3-7,13-14,16-17H,1,8-10H2,2H3,(H,18,19);1H/t13?,14-;/m0./s1. The highest BCUT2D eigenvalue weighted by molar-refractivity contribution is 5.85. The molecule has 0 fully saturated rings. The molecular weight excluding hydrogens is 278 g/mol. The summed E-state index contributed by atoms with van der Waals surface area (Å²) < 4.78 is 0. The van der Waals surface area contributed by atoms with Gasteiger partial charge < -0.3 is 15.5 Å². The molecule has 2 atom stereocenters. The van der Waals surface area contributed by atoms with E-state index in [4.69, 9.17) is 5.11 Å². The number of halogens is 1. The Morgan fingerprint density at radius 2 is 1.95 bits per heavy atom. The molecule has 0 saturated carbocycles. The molecule has 4 nitrogen and oxygen atoms in total. The van der Waals surface area contributed by atoms with Gasteiger partial charge in [0.1, 0.15) is 0 Å². The van der Waals surface area contributed by atoms with Crippen molar-refractivity contribution < 1.29 is 15.0 Å². The van der Waals surface area contributed by atoms with Gasteiger partial charge in [0.2, 0.25) is 0 Å². The van der Waals surface area contributed by atoms with Crippen LogP contribution >= 0.6 is 12.4 Å². The zero-order valence-electron chi connectivity index (χ0n) is 11.6. The zero-order chi connectivity index (χ0) is 14.3. The zero-order valence-corrected chi connectivity index (χ0v) is 12.4. The summed E-state index contributed by atoms with van der Waals surface area (Å²) in [5.41, 5.74) is 1.50. The van der Waals surface area contributed by atoms with Crippen molar-refractivity contribution >= 4 is 18.4 Å². The molecule has 5 heteroatoms. The van der Waals surface area contributed by atoms with Crippen molar-refractivity contribution in [3.8, 4) is 0 Å². The summed E-state index contributed by atoms with van der Waals surface area (Å²) in [6.07, 6.45) is -0.0964. The van der Waals surface area contributed by atoms with E-state index < -0.39 is 18.0 Å². The lowest BCUT2D eigenvalue weighted by atomic mass is 9.98. The minimum absolute atomic E-state index is 0. The summed E-state index contributed by atoms with van der Waals surface area (Å²) in [6, 6.07) is 9.37. The first-order chi connectivity index (χ1) is 9.02. The quantitative estimate of drug-likeness (QED) is 0.509. The molecule has 0 spiro atoms. The molecule has 1 aromatic rings. The summed E-state index contributed by atoms with van der Waals surface area (Å²) >= 11 is 0. The van der Waals surface area contributed by atoms with E-state index in [9.17, 15) is 9.90 Å². The second-order valence-electron chi connectivity index (χ2n) is 4.66. The first kappa shape index (κ1) is 18.6.